The fraction of sp³-hybridized carbons (Fsp3) is 0. The van der Waals surface area contributed by atoms with Gasteiger partial charge in [0.25, 0.3) is 0 Å². The Kier molecular flexibility index (Phi) is 6.71. The van der Waals surface area contributed by atoms with Gasteiger partial charge in [-0.15, -0.1) is 0 Å². The van der Waals surface area contributed by atoms with Crippen molar-refractivity contribution in [3.05, 3.63) is 188 Å². The summed E-state index contributed by atoms with van der Waals surface area (Å²) >= 11 is 0. The Bertz CT molecular complexity index is 4130. The quantitative estimate of drug-likeness (QED) is 0.177. The van der Waals surface area contributed by atoms with Gasteiger partial charge in [0.1, 0.15) is 22.3 Å². The molecule has 14 aromatic rings. The van der Waals surface area contributed by atoms with Crippen molar-refractivity contribution >= 4 is 98.3 Å². The highest BCUT2D eigenvalue weighted by Gasteiger charge is 2.24. The van der Waals surface area contributed by atoms with Gasteiger partial charge in [0.2, 0.25) is 5.95 Å². The van der Waals surface area contributed by atoms with E-state index in [-0.39, 0.29) is 0 Å². The van der Waals surface area contributed by atoms with E-state index in [1.54, 1.807) is 0 Å². The number of hydrogen-bond donors (Lipinski definition) is 0. The molecule has 0 saturated carbocycles. The number of benzene rings is 9. The highest BCUT2D eigenvalue weighted by atomic mass is 16.3. The number of fused-ring (bicyclic) bond motifs is 13. The van der Waals surface area contributed by atoms with E-state index in [1.807, 2.05) is 36.4 Å². The van der Waals surface area contributed by atoms with Gasteiger partial charge < -0.3 is 13.4 Å². The van der Waals surface area contributed by atoms with Gasteiger partial charge in [0.05, 0.1) is 27.8 Å². The van der Waals surface area contributed by atoms with Crippen LogP contribution in [0.25, 0.3) is 133 Å². The molecule has 0 spiro atoms. The van der Waals surface area contributed by atoms with E-state index in [2.05, 4.69) is 161 Å². The van der Waals surface area contributed by atoms with E-state index in [0.717, 1.165) is 104 Å². The van der Waals surface area contributed by atoms with E-state index in [1.165, 1.54) is 10.8 Å². The second kappa shape index (κ2) is 12.5. The molecule has 0 amide bonds. The molecule has 288 valence electrons. The Labute approximate surface area is 352 Å². The Balaban J connectivity index is 1.12. The first-order valence-corrected chi connectivity index (χ1v) is 20.8. The average molecular weight is 794 g/mol. The zero-order valence-electron chi connectivity index (χ0n) is 33.0. The van der Waals surface area contributed by atoms with Crippen molar-refractivity contribution in [1.82, 2.24) is 24.1 Å². The summed E-state index contributed by atoms with van der Waals surface area (Å²) in [7, 11) is 0. The molecule has 7 heteroatoms. The van der Waals surface area contributed by atoms with Crippen LogP contribution >= 0.6 is 0 Å². The number of aromatic nitrogens is 5. The van der Waals surface area contributed by atoms with Crippen LogP contribution in [0.5, 0.6) is 0 Å². The minimum atomic E-state index is 0.510. The van der Waals surface area contributed by atoms with Crippen molar-refractivity contribution in [2.75, 3.05) is 0 Å². The Hall–Kier alpha value is -8.55. The summed E-state index contributed by atoms with van der Waals surface area (Å²) in [6.07, 6.45) is 0. The molecule has 62 heavy (non-hydrogen) atoms. The molecule has 7 nitrogen and oxygen atoms in total. The summed E-state index contributed by atoms with van der Waals surface area (Å²) in [6.45, 7) is 0. The van der Waals surface area contributed by atoms with Crippen LogP contribution in [0.1, 0.15) is 0 Å². The van der Waals surface area contributed by atoms with Crippen LogP contribution in [0.4, 0.5) is 0 Å². The first-order chi connectivity index (χ1) is 30.7. The molecule has 0 radical (unpaired) electrons. The van der Waals surface area contributed by atoms with Crippen LogP contribution in [0, 0.1) is 0 Å². The third-order valence-electron chi connectivity index (χ3n) is 12.6. The molecule has 5 heterocycles. The zero-order valence-corrected chi connectivity index (χ0v) is 33.0. The van der Waals surface area contributed by atoms with Gasteiger partial charge in [0.15, 0.2) is 11.6 Å². The molecule has 0 atom stereocenters. The maximum absolute atomic E-state index is 6.63. The predicted molar refractivity (Wildman–Crippen MR) is 251 cm³/mol. The van der Waals surface area contributed by atoms with Gasteiger partial charge in [-0.2, -0.15) is 9.97 Å². The summed E-state index contributed by atoms with van der Waals surface area (Å²) in [5.74, 6) is 1.55. The Morgan fingerprint density at radius 1 is 0.323 bits per heavy atom. The number of nitrogens with zero attached hydrogens (tertiary/aromatic N) is 5. The van der Waals surface area contributed by atoms with Crippen molar-refractivity contribution in [2.45, 2.75) is 0 Å². The number of rotatable bonds is 4. The lowest BCUT2D eigenvalue weighted by Gasteiger charge is -2.16. The van der Waals surface area contributed by atoms with Crippen LogP contribution in [-0.2, 0) is 0 Å². The third kappa shape index (κ3) is 4.73. The SMILES string of the molecule is c1ccc2cc3c(cc2c1)c1ccccc1n3-c1cc2c(cc1-c1nc(-c3ccc4c(c3)oc3ccccc34)nc(-n3c4ccccc4c4ccccc43)n1)oc1ccccc12. The van der Waals surface area contributed by atoms with Crippen molar-refractivity contribution in [1.29, 1.82) is 0 Å². The monoisotopic (exact) mass is 793 g/mol. The van der Waals surface area contributed by atoms with Crippen LogP contribution in [0.3, 0.4) is 0 Å². The van der Waals surface area contributed by atoms with Gasteiger partial charge >= 0.3 is 0 Å². The molecular weight excluding hydrogens is 763 g/mol. The largest absolute Gasteiger partial charge is 0.456 e. The molecule has 0 N–H and O–H groups in total. The molecule has 14 rings (SSSR count). The van der Waals surface area contributed by atoms with Gasteiger partial charge in [0, 0.05) is 54.2 Å². The molecule has 0 unspecified atom stereocenters. The first kappa shape index (κ1) is 33.3. The highest BCUT2D eigenvalue weighted by molar-refractivity contribution is 6.15. The van der Waals surface area contributed by atoms with E-state index < -0.39 is 0 Å². The maximum Gasteiger partial charge on any atom is 0.238 e. The molecule has 0 aliphatic rings. The number of furan rings is 2. The fourth-order valence-electron chi connectivity index (χ4n) is 9.76. The predicted octanol–water partition coefficient (Wildman–Crippen LogP) is 14.4. The number of hydrogen-bond acceptors (Lipinski definition) is 5. The summed E-state index contributed by atoms with van der Waals surface area (Å²) in [4.78, 5) is 16.2. The molecule has 0 bridgehead atoms. The van der Waals surface area contributed by atoms with Gasteiger partial charge in [-0.05, 0) is 77.5 Å². The molecular formula is C55H31N5O2. The average Bonchev–Trinajstić information content (AvgIpc) is 4.07. The summed E-state index contributed by atoms with van der Waals surface area (Å²) in [5.41, 5.74) is 9.92. The first-order valence-electron chi connectivity index (χ1n) is 20.8. The second-order valence-electron chi connectivity index (χ2n) is 16.0. The second-order valence-corrected chi connectivity index (χ2v) is 16.0. The van der Waals surface area contributed by atoms with Crippen molar-refractivity contribution < 1.29 is 8.83 Å². The third-order valence-corrected chi connectivity index (χ3v) is 12.6. The topological polar surface area (TPSA) is 74.8 Å². The normalized spacial score (nSPS) is 12.2. The summed E-state index contributed by atoms with van der Waals surface area (Å²) < 4.78 is 17.6. The lowest BCUT2D eigenvalue weighted by Crippen LogP contribution is -2.08. The molecule has 0 saturated heterocycles. The Morgan fingerprint density at radius 3 is 1.53 bits per heavy atom. The molecule has 0 aliphatic heterocycles. The Morgan fingerprint density at radius 2 is 0.839 bits per heavy atom. The summed E-state index contributed by atoms with van der Waals surface area (Å²) in [5, 5.41) is 11.1. The van der Waals surface area contributed by atoms with E-state index >= 15 is 0 Å². The standard InChI is InChI=1S/C55H31N5O2/c1-2-14-33-28-47-41(27-32(33)13-1)37-17-5-8-20-44(37)59(47)48-30-42-39-19-7-12-24-50(39)62-52(42)31-43(48)54-56-53(34-25-26-40-38-18-6-11-23-49(38)61-51(40)29-34)57-55(58-54)60-45-21-9-3-15-35(45)36-16-4-10-22-46(36)60/h1-31H. The van der Waals surface area contributed by atoms with E-state index in [0.29, 0.717) is 17.6 Å². The molecule has 0 fully saturated rings. The molecule has 0 aliphatic carbocycles. The minimum absolute atomic E-state index is 0.510. The van der Waals surface area contributed by atoms with Gasteiger partial charge in [-0.3, -0.25) is 4.57 Å². The highest BCUT2D eigenvalue weighted by Crippen LogP contribution is 2.42. The van der Waals surface area contributed by atoms with Crippen molar-refractivity contribution in [2.24, 2.45) is 0 Å². The van der Waals surface area contributed by atoms with E-state index in [9.17, 15) is 0 Å². The maximum atomic E-state index is 6.63. The fourth-order valence-corrected chi connectivity index (χ4v) is 9.76. The smallest absolute Gasteiger partial charge is 0.238 e. The van der Waals surface area contributed by atoms with E-state index in [4.69, 9.17) is 23.8 Å². The lowest BCUT2D eigenvalue weighted by atomic mass is 10.1. The van der Waals surface area contributed by atoms with Crippen molar-refractivity contribution in [3.63, 3.8) is 0 Å². The van der Waals surface area contributed by atoms with Gasteiger partial charge in [-0.1, -0.05) is 121 Å². The van der Waals surface area contributed by atoms with Crippen LogP contribution in [0.15, 0.2) is 197 Å². The molecule has 5 aromatic heterocycles. The lowest BCUT2D eigenvalue weighted by molar-refractivity contribution is 0.668. The zero-order chi connectivity index (χ0) is 40.5. The number of para-hydroxylation sites is 5. The molecule has 9 aromatic carbocycles. The van der Waals surface area contributed by atoms with Crippen LogP contribution in [-0.4, -0.2) is 24.1 Å². The van der Waals surface area contributed by atoms with Crippen molar-refractivity contribution in [3.8, 4) is 34.4 Å². The van der Waals surface area contributed by atoms with Gasteiger partial charge in [-0.25, -0.2) is 4.98 Å². The minimum Gasteiger partial charge on any atom is -0.456 e. The van der Waals surface area contributed by atoms with Crippen LogP contribution < -0.4 is 0 Å². The van der Waals surface area contributed by atoms with Crippen LogP contribution in [0.2, 0.25) is 0 Å². The summed E-state index contributed by atoms with van der Waals surface area (Å²) in [6, 6.07) is 65.6.